The molecule has 1 saturated heterocycles. The highest BCUT2D eigenvalue weighted by atomic mass is 32.2. The second kappa shape index (κ2) is 5.38. The van der Waals surface area contributed by atoms with Crippen molar-refractivity contribution in [1.29, 1.82) is 0 Å². The smallest absolute Gasteiger partial charge is 0.137 e. The predicted molar refractivity (Wildman–Crippen MR) is 70.7 cm³/mol. The zero-order valence-electron chi connectivity index (χ0n) is 10.3. The average molecular weight is 254 g/mol. The van der Waals surface area contributed by atoms with Crippen LogP contribution in [-0.4, -0.2) is 31.3 Å². The molecule has 2 atom stereocenters. The Labute approximate surface area is 106 Å². The molecular formula is C13H19FN2S. The summed E-state index contributed by atoms with van der Waals surface area (Å²) in [6.07, 6.45) is 2.96. The van der Waals surface area contributed by atoms with E-state index in [0.29, 0.717) is 18.5 Å². The highest BCUT2D eigenvalue weighted by Gasteiger charge is 2.31. The number of nitrogens with zero attached hydrogens (tertiary/aromatic N) is 1. The average Bonchev–Trinajstić information content (AvgIpc) is 2.70. The summed E-state index contributed by atoms with van der Waals surface area (Å²) in [5.41, 5.74) is 6.84. The van der Waals surface area contributed by atoms with Gasteiger partial charge in [-0.1, -0.05) is 12.1 Å². The number of thioether (sulfide) groups is 1. The van der Waals surface area contributed by atoms with Gasteiger partial charge in [-0.05, 0) is 43.8 Å². The Morgan fingerprint density at radius 1 is 1.53 bits per heavy atom. The fraction of sp³-hybridized carbons (Fsp3) is 0.538. The van der Waals surface area contributed by atoms with Crippen LogP contribution in [0.3, 0.4) is 0 Å². The lowest BCUT2D eigenvalue weighted by Crippen LogP contribution is -2.21. The summed E-state index contributed by atoms with van der Waals surface area (Å²) >= 11 is 1.49. The van der Waals surface area contributed by atoms with Gasteiger partial charge >= 0.3 is 0 Å². The Balaban J connectivity index is 2.31. The largest absolute Gasteiger partial charge is 0.330 e. The Kier molecular flexibility index (Phi) is 4.07. The third-order valence-corrected chi connectivity index (χ3v) is 4.37. The molecule has 4 heteroatoms. The number of rotatable bonds is 3. The van der Waals surface area contributed by atoms with E-state index in [2.05, 4.69) is 11.9 Å². The zero-order chi connectivity index (χ0) is 12.4. The number of hydrogen-bond acceptors (Lipinski definition) is 3. The van der Waals surface area contributed by atoms with E-state index in [9.17, 15) is 4.39 Å². The molecule has 2 rings (SSSR count). The van der Waals surface area contributed by atoms with Crippen LogP contribution in [0.4, 0.5) is 4.39 Å². The number of benzene rings is 1. The first kappa shape index (κ1) is 12.9. The van der Waals surface area contributed by atoms with Crippen LogP contribution in [-0.2, 0) is 0 Å². The molecule has 2 nitrogen and oxygen atoms in total. The van der Waals surface area contributed by atoms with Crippen molar-refractivity contribution in [2.75, 3.05) is 26.4 Å². The van der Waals surface area contributed by atoms with Gasteiger partial charge in [-0.2, -0.15) is 0 Å². The van der Waals surface area contributed by atoms with Gasteiger partial charge in [0.15, 0.2) is 0 Å². The van der Waals surface area contributed by atoms with E-state index >= 15 is 0 Å². The lowest BCUT2D eigenvalue weighted by atomic mass is 10.00. The van der Waals surface area contributed by atoms with Gasteiger partial charge in [0.25, 0.3) is 0 Å². The van der Waals surface area contributed by atoms with E-state index in [1.165, 1.54) is 17.8 Å². The second-order valence-corrected chi connectivity index (χ2v) is 5.47. The Bertz CT molecular complexity index is 397. The molecule has 1 aliphatic heterocycles. The van der Waals surface area contributed by atoms with Crippen molar-refractivity contribution in [3.8, 4) is 0 Å². The van der Waals surface area contributed by atoms with E-state index < -0.39 is 0 Å². The molecule has 0 radical (unpaired) electrons. The van der Waals surface area contributed by atoms with Crippen molar-refractivity contribution in [3.63, 3.8) is 0 Å². The third kappa shape index (κ3) is 2.49. The minimum atomic E-state index is -0.111. The van der Waals surface area contributed by atoms with E-state index in [1.54, 1.807) is 6.07 Å². The molecular weight excluding hydrogens is 235 g/mol. The molecule has 2 N–H and O–H groups in total. The van der Waals surface area contributed by atoms with Crippen molar-refractivity contribution < 1.29 is 4.39 Å². The maximum atomic E-state index is 13.7. The summed E-state index contributed by atoms with van der Waals surface area (Å²) in [5, 5.41) is 0. The number of nitrogens with two attached hydrogens (primary N) is 1. The maximum Gasteiger partial charge on any atom is 0.137 e. The van der Waals surface area contributed by atoms with Crippen LogP contribution in [0.5, 0.6) is 0 Å². The fourth-order valence-corrected chi connectivity index (χ4v) is 3.35. The molecule has 1 aromatic carbocycles. The van der Waals surface area contributed by atoms with E-state index in [4.69, 9.17) is 5.73 Å². The lowest BCUT2D eigenvalue weighted by Gasteiger charge is -2.22. The summed E-state index contributed by atoms with van der Waals surface area (Å²) in [6.45, 7) is 1.72. The van der Waals surface area contributed by atoms with Crippen LogP contribution in [0.2, 0.25) is 0 Å². The van der Waals surface area contributed by atoms with Gasteiger partial charge in [-0.25, -0.2) is 4.39 Å². The molecule has 1 aromatic rings. The minimum absolute atomic E-state index is 0.111. The molecule has 0 saturated carbocycles. The molecule has 1 heterocycles. The van der Waals surface area contributed by atoms with Gasteiger partial charge in [0.05, 0.1) is 0 Å². The van der Waals surface area contributed by atoms with Crippen LogP contribution < -0.4 is 5.73 Å². The Hall–Kier alpha value is -0.580. The van der Waals surface area contributed by atoms with Crippen LogP contribution >= 0.6 is 11.8 Å². The molecule has 2 unspecified atom stereocenters. The first-order valence-corrected chi connectivity index (χ1v) is 7.12. The van der Waals surface area contributed by atoms with Gasteiger partial charge in [-0.3, -0.25) is 4.90 Å². The summed E-state index contributed by atoms with van der Waals surface area (Å²) in [5.74, 6) is 0.419. The van der Waals surface area contributed by atoms with Crippen molar-refractivity contribution in [1.82, 2.24) is 4.90 Å². The van der Waals surface area contributed by atoms with Gasteiger partial charge in [0, 0.05) is 17.5 Å². The first-order valence-electron chi connectivity index (χ1n) is 5.90. The molecule has 0 amide bonds. The van der Waals surface area contributed by atoms with Gasteiger partial charge in [0.2, 0.25) is 0 Å². The SMILES string of the molecule is CSc1c(F)cccc1C1CC(CN)CN1C. The predicted octanol–water partition coefficient (Wildman–Crippen LogP) is 2.50. The van der Waals surface area contributed by atoms with Crippen molar-refractivity contribution in [3.05, 3.63) is 29.6 Å². The molecule has 17 heavy (non-hydrogen) atoms. The van der Waals surface area contributed by atoms with E-state index in [1.807, 2.05) is 12.3 Å². The second-order valence-electron chi connectivity index (χ2n) is 4.66. The molecule has 1 aliphatic rings. The molecule has 0 aliphatic carbocycles. The van der Waals surface area contributed by atoms with Gasteiger partial charge in [0.1, 0.15) is 5.82 Å². The van der Waals surface area contributed by atoms with E-state index in [-0.39, 0.29) is 5.82 Å². The van der Waals surface area contributed by atoms with Gasteiger partial charge in [-0.15, -0.1) is 11.8 Å². The molecule has 0 aromatic heterocycles. The summed E-state index contributed by atoms with van der Waals surface area (Å²) < 4.78 is 13.7. The highest BCUT2D eigenvalue weighted by molar-refractivity contribution is 7.98. The van der Waals surface area contributed by atoms with Crippen LogP contribution in [0.15, 0.2) is 23.1 Å². The zero-order valence-corrected chi connectivity index (χ0v) is 11.1. The van der Waals surface area contributed by atoms with Crippen LogP contribution in [0, 0.1) is 11.7 Å². The molecule has 0 bridgehead atoms. The normalized spacial score (nSPS) is 25.4. The highest BCUT2D eigenvalue weighted by Crippen LogP contribution is 2.38. The minimum Gasteiger partial charge on any atom is -0.330 e. The third-order valence-electron chi connectivity index (χ3n) is 3.53. The van der Waals surface area contributed by atoms with Crippen molar-refractivity contribution in [2.24, 2.45) is 11.7 Å². The quantitative estimate of drug-likeness (QED) is 0.840. The Morgan fingerprint density at radius 3 is 2.88 bits per heavy atom. The molecule has 1 fully saturated rings. The van der Waals surface area contributed by atoms with Crippen molar-refractivity contribution >= 4 is 11.8 Å². The van der Waals surface area contributed by atoms with Crippen LogP contribution in [0.1, 0.15) is 18.0 Å². The molecule has 0 spiro atoms. The topological polar surface area (TPSA) is 29.3 Å². The fourth-order valence-electron chi connectivity index (χ4n) is 2.64. The number of likely N-dealkylation sites (tertiary alicyclic amines) is 1. The first-order chi connectivity index (χ1) is 8.17. The Morgan fingerprint density at radius 2 is 2.29 bits per heavy atom. The van der Waals surface area contributed by atoms with Crippen molar-refractivity contribution in [2.45, 2.75) is 17.4 Å². The monoisotopic (exact) mass is 254 g/mol. The van der Waals surface area contributed by atoms with E-state index in [0.717, 1.165) is 23.4 Å². The number of halogens is 1. The summed E-state index contributed by atoms with van der Waals surface area (Å²) in [7, 11) is 2.09. The van der Waals surface area contributed by atoms with Gasteiger partial charge < -0.3 is 5.73 Å². The molecule has 94 valence electrons. The lowest BCUT2D eigenvalue weighted by molar-refractivity contribution is 0.309. The standard InChI is InChI=1S/C13H19FN2S/c1-16-8-9(7-15)6-12(16)10-4-3-5-11(14)13(10)17-2/h3-5,9,12H,6-8,15H2,1-2H3. The maximum absolute atomic E-state index is 13.7. The van der Waals surface area contributed by atoms with Crippen LogP contribution in [0.25, 0.3) is 0 Å². The number of hydrogen-bond donors (Lipinski definition) is 1. The summed E-state index contributed by atoms with van der Waals surface area (Å²) in [4.78, 5) is 3.06. The summed E-state index contributed by atoms with van der Waals surface area (Å²) in [6, 6.07) is 5.68.